The van der Waals surface area contributed by atoms with Crippen LogP contribution in [0.4, 0.5) is 23.2 Å². The molecule has 0 bridgehead atoms. The Hall–Kier alpha value is -4.41. The summed E-state index contributed by atoms with van der Waals surface area (Å²) in [4.78, 5) is 24.2. The van der Waals surface area contributed by atoms with Crippen molar-refractivity contribution < 1.29 is 4.42 Å². The lowest BCUT2D eigenvalue weighted by atomic mass is 9.81. The first-order chi connectivity index (χ1) is 16.6. The van der Waals surface area contributed by atoms with Crippen molar-refractivity contribution in [3.8, 4) is 0 Å². The van der Waals surface area contributed by atoms with E-state index in [1.165, 1.54) is 0 Å². The summed E-state index contributed by atoms with van der Waals surface area (Å²) in [6, 6.07) is 6.34. The Morgan fingerprint density at radius 3 is 2.44 bits per heavy atom. The van der Waals surface area contributed by atoms with Crippen molar-refractivity contribution in [2.75, 3.05) is 22.3 Å². The molecule has 34 heavy (non-hydrogen) atoms. The molecule has 0 amide bonds. The van der Waals surface area contributed by atoms with Crippen LogP contribution in [0.25, 0.3) is 11.1 Å². The Labute approximate surface area is 195 Å². The maximum absolute atomic E-state index is 6.34. The molecule has 0 saturated heterocycles. The van der Waals surface area contributed by atoms with E-state index in [4.69, 9.17) is 15.1 Å². The molecule has 1 aromatic carbocycles. The molecule has 11 nitrogen and oxygen atoms in total. The third-order valence-electron chi connectivity index (χ3n) is 6.70. The van der Waals surface area contributed by atoms with E-state index < -0.39 is 0 Å². The summed E-state index contributed by atoms with van der Waals surface area (Å²) in [7, 11) is 0. The van der Waals surface area contributed by atoms with E-state index in [-0.39, 0.29) is 5.41 Å². The molecule has 0 radical (unpaired) electrons. The SMILES string of the molecule is CCC1(CC)CN(c2ccc3oc(N(n4ccnc4)n4ccnc4)nc3c2)c2c(N)ncnc21. The number of nitrogens with zero attached hydrogens (tertiary/aromatic N) is 9. The molecule has 0 aliphatic carbocycles. The molecule has 172 valence electrons. The largest absolute Gasteiger partial charge is 0.421 e. The summed E-state index contributed by atoms with van der Waals surface area (Å²) in [6.07, 6.45) is 13.8. The van der Waals surface area contributed by atoms with Crippen LogP contribution in [-0.4, -0.2) is 40.8 Å². The molecule has 5 heterocycles. The van der Waals surface area contributed by atoms with Gasteiger partial charge in [-0.2, -0.15) is 4.98 Å². The second-order valence-electron chi connectivity index (χ2n) is 8.35. The normalized spacial score (nSPS) is 14.6. The summed E-state index contributed by atoms with van der Waals surface area (Å²) in [6.45, 7) is 5.18. The maximum atomic E-state index is 6.34. The van der Waals surface area contributed by atoms with Crippen molar-refractivity contribution in [1.29, 1.82) is 0 Å². The predicted octanol–water partition coefficient (Wildman–Crippen LogP) is 3.54. The molecule has 4 aromatic heterocycles. The Balaban J connectivity index is 1.44. The first kappa shape index (κ1) is 20.2. The zero-order chi connectivity index (χ0) is 23.3. The Kier molecular flexibility index (Phi) is 4.51. The van der Waals surface area contributed by atoms with Crippen LogP contribution < -0.4 is 15.8 Å². The van der Waals surface area contributed by atoms with Crippen molar-refractivity contribution in [2.24, 2.45) is 0 Å². The van der Waals surface area contributed by atoms with E-state index in [1.54, 1.807) is 58.2 Å². The number of fused-ring (bicyclic) bond motifs is 2. The van der Waals surface area contributed by atoms with E-state index in [9.17, 15) is 0 Å². The molecule has 0 fully saturated rings. The molecule has 1 aliphatic rings. The van der Waals surface area contributed by atoms with Crippen molar-refractivity contribution >= 4 is 34.3 Å². The molecule has 0 spiro atoms. The summed E-state index contributed by atoms with van der Waals surface area (Å²) in [5, 5.41) is 1.73. The Morgan fingerprint density at radius 2 is 1.79 bits per heavy atom. The number of oxazole rings is 1. The van der Waals surface area contributed by atoms with Crippen LogP contribution in [0.15, 0.2) is 66.4 Å². The van der Waals surface area contributed by atoms with Crippen molar-refractivity contribution in [3.05, 3.63) is 67.7 Å². The second-order valence-corrected chi connectivity index (χ2v) is 8.35. The van der Waals surface area contributed by atoms with Crippen molar-refractivity contribution in [2.45, 2.75) is 32.1 Å². The van der Waals surface area contributed by atoms with E-state index >= 15 is 0 Å². The molecular weight excluding hydrogens is 432 g/mol. The van der Waals surface area contributed by atoms with Crippen LogP contribution in [0.1, 0.15) is 32.4 Å². The van der Waals surface area contributed by atoms with Crippen LogP contribution in [-0.2, 0) is 5.41 Å². The smallest absolute Gasteiger partial charge is 0.339 e. The van der Waals surface area contributed by atoms with Crippen LogP contribution in [0.2, 0.25) is 0 Å². The van der Waals surface area contributed by atoms with Gasteiger partial charge in [-0.25, -0.2) is 29.3 Å². The fourth-order valence-electron chi connectivity index (χ4n) is 4.73. The van der Waals surface area contributed by atoms with Gasteiger partial charge in [-0.1, -0.05) is 13.8 Å². The minimum absolute atomic E-state index is 0.0734. The molecule has 5 aromatic rings. The maximum Gasteiger partial charge on any atom is 0.339 e. The van der Waals surface area contributed by atoms with Gasteiger partial charge in [0.2, 0.25) is 0 Å². The third-order valence-corrected chi connectivity index (χ3v) is 6.70. The van der Waals surface area contributed by atoms with Crippen LogP contribution >= 0.6 is 0 Å². The molecule has 11 heteroatoms. The Morgan fingerprint density at radius 1 is 1.06 bits per heavy atom. The molecule has 1 aliphatic heterocycles. The predicted molar refractivity (Wildman–Crippen MR) is 127 cm³/mol. The van der Waals surface area contributed by atoms with Gasteiger partial charge in [0.05, 0.1) is 5.69 Å². The molecule has 2 N–H and O–H groups in total. The highest BCUT2D eigenvalue weighted by Crippen LogP contribution is 2.49. The van der Waals surface area contributed by atoms with E-state index in [2.05, 4.69) is 38.7 Å². The quantitative estimate of drug-likeness (QED) is 0.409. The van der Waals surface area contributed by atoms with Gasteiger partial charge in [0.25, 0.3) is 0 Å². The molecule has 0 atom stereocenters. The number of nitrogen functional groups attached to an aromatic ring is 1. The highest BCUT2D eigenvalue weighted by atomic mass is 16.4. The number of imidazole rings is 2. The van der Waals surface area contributed by atoms with Crippen LogP contribution in [0.5, 0.6) is 0 Å². The zero-order valence-electron chi connectivity index (χ0n) is 18.9. The number of nitrogens with two attached hydrogens (primary N) is 1. The first-order valence-electron chi connectivity index (χ1n) is 11.2. The average molecular weight is 457 g/mol. The van der Waals surface area contributed by atoms with E-state index in [0.29, 0.717) is 17.4 Å². The highest BCUT2D eigenvalue weighted by Gasteiger charge is 2.43. The summed E-state index contributed by atoms with van der Waals surface area (Å²) in [5.74, 6) is 0.487. The first-order valence-corrected chi connectivity index (χ1v) is 11.2. The van der Waals surface area contributed by atoms with Crippen molar-refractivity contribution in [3.63, 3.8) is 0 Å². The van der Waals surface area contributed by atoms with Gasteiger partial charge < -0.3 is 15.1 Å². The average Bonchev–Trinajstić information content (AvgIpc) is 3.65. The highest BCUT2D eigenvalue weighted by molar-refractivity contribution is 5.85. The summed E-state index contributed by atoms with van der Waals surface area (Å²) in [5.41, 5.74) is 10.5. The van der Waals surface area contributed by atoms with Crippen LogP contribution in [0, 0.1) is 0 Å². The molecule has 6 rings (SSSR count). The van der Waals surface area contributed by atoms with Crippen LogP contribution in [0.3, 0.4) is 0 Å². The third kappa shape index (κ3) is 2.93. The lowest BCUT2D eigenvalue weighted by Crippen LogP contribution is -2.33. The van der Waals surface area contributed by atoms with Gasteiger partial charge in [0.15, 0.2) is 11.4 Å². The number of rotatable bonds is 6. The number of hydrogen-bond donors (Lipinski definition) is 1. The topological polar surface area (TPSA) is 120 Å². The van der Waals surface area contributed by atoms with Gasteiger partial charge in [-0.15, -0.1) is 5.12 Å². The van der Waals surface area contributed by atoms with Crippen molar-refractivity contribution in [1.82, 2.24) is 34.3 Å². The fraction of sp³-hybridized carbons (Fsp3) is 0.261. The molecule has 0 saturated carbocycles. The summed E-state index contributed by atoms with van der Waals surface area (Å²) < 4.78 is 9.65. The number of benzene rings is 1. The Bertz CT molecular complexity index is 1400. The molecule has 0 unspecified atom stereocenters. The molecular formula is C23H24N10O. The van der Waals surface area contributed by atoms with Gasteiger partial charge >= 0.3 is 6.01 Å². The van der Waals surface area contributed by atoms with Gasteiger partial charge in [0.1, 0.15) is 30.2 Å². The van der Waals surface area contributed by atoms with Gasteiger partial charge in [-0.3, -0.25) is 0 Å². The van der Waals surface area contributed by atoms with E-state index in [0.717, 1.165) is 42.0 Å². The summed E-state index contributed by atoms with van der Waals surface area (Å²) >= 11 is 0. The van der Waals surface area contributed by atoms with E-state index in [1.807, 2.05) is 18.2 Å². The second kappa shape index (κ2) is 7.58. The zero-order valence-corrected chi connectivity index (χ0v) is 18.9. The minimum atomic E-state index is -0.0734. The standard InChI is InChI=1S/C23H24N10O/c1-3-23(4-2)12-32(19-20(23)27-13-28-21(19)24)16-5-6-18-17(11-16)29-22(34-18)33(30-9-7-25-14-30)31-10-8-26-15-31/h5-11,13-15H,3-4,12H2,1-2H3,(H2,24,27,28). The fourth-order valence-corrected chi connectivity index (χ4v) is 4.73. The number of anilines is 4. The lowest BCUT2D eigenvalue weighted by molar-refractivity contribution is 0.417. The minimum Gasteiger partial charge on any atom is -0.421 e. The number of aromatic nitrogens is 7. The monoisotopic (exact) mass is 456 g/mol. The van der Waals surface area contributed by atoms with Gasteiger partial charge in [0, 0.05) is 42.4 Å². The van der Waals surface area contributed by atoms with Gasteiger partial charge in [-0.05, 0) is 31.0 Å². The lowest BCUT2D eigenvalue weighted by Gasteiger charge is -2.27. The number of hydrogen-bond acceptors (Lipinski definition) is 9.